The van der Waals surface area contributed by atoms with E-state index in [1.54, 1.807) is 12.4 Å². The molecule has 0 aliphatic carbocycles. The number of hydrogen-bond donors (Lipinski definition) is 2. The summed E-state index contributed by atoms with van der Waals surface area (Å²) in [4.78, 5) is 6.54. The number of nitrogens with zero attached hydrogens (tertiary/aromatic N) is 3. The minimum absolute atomic E-state index is 0.00422. The van der Waals surface area contributed by atoms with Gasteiger partial charge >= 0.3 is 0 Å². The lowest BCUT2D eigenvalue weighted by Gasteiger charge is -2.34. The molecule has 5 nitrogen and oxygen atoms in total. The van der Waals surface area contributed by atoms with Gasteiger partial charge in [-0.05, 0) is 43.5 Å². The molecule has 3 rings (SSSR count). The zero-order valence-electron chi connectivity index (χ0n) is 14.2. The van der Waals surface area contributed by atoms with Gasteiger partial charge in [-0.2, -0.15) is 0 Å². The Balaban J connectivity index is 1.74. The average Bonchev–Trinajstić information content (AvgIpc) is 2.99. The Bertz CT molecular complexity index is 679. The number of aliphatic hydroxyl groups is 1. The molecule has 0 bridgehead atoms. The molecule has 1 aromatic carbocycles. The SMILES string of the molecule is CC(NCc1cn(C)cn1)c1cc(F)ccc1N1CCC(O)CC1. The van der Waals surface area contributed by atoms with Gasteiger partial charge in [0.25, 0.3) is 0 Å². The van der Waals surface area contributed by atoms with Crippen LogP contribution in [0.2, 0.25) is 0 Å². The lowest BCUT2D eigenvalue weighted by molar-refractivity contribution is 0.145. The van der Waals surface area contributed by atoms with Crippen molar-refractivity contribution in [3.8, 4) is 0 Å². The van der Waals surface area contributed by atoms with Crippen molar-refractivity contribution in [2.75, 3.05) is 18.0 Å². The van der Waals surface area contributed by atoms with E-state index in [-0.39, 0.29) is 18.0 Å². The first-order chi connectivity index (χ1) is 11.5. The summed E-state index contributed by atoms with van der Waals surface area (Å²) in [6.45, 7) is 4.27. The summed E-state index contributed by atoms with van der Waals surface area (Å²) >= 11 is 0. The van der Waals surface area contributed by atoms with Crippen LogP contribution < -0.4 is 10.2 Å². The largest absolute Gasteiger partial charge is 0.393 e. The second kappa shape index (κ2) is 7.32. The Kier molecular flexibility index (Phi) is 5.16. The molecule has 0 radical (unpaired) electrons. The smallest absolute Gasteiger partial charge is 0.123 e. The van der Waals surface area contributed by atoms with Gasteiger partial charge in [0.1, 0.15) is 5.82 Å². The maximum atomic E-state index is 13.8. The zero-order chi connectivity index (χ0) is 17.1. The number of nitrogens with one attached hydrogen (secondary N) is 1. The lowest BCUT2D eigenvalue weighted by atomic mass is 10.0. The van der Waals surface area contributed by atoms with Crippen molar-refractivity contribution < 1.29 is 9.50 Å². The molecule has 2 heterocycles. The van der Waals surface area contributed by atoms with Gasteiger partial charge in [-0.25, -0.2) is 9.37 Å². The molecule has 1 saturated heterocycles. The highest BCUT2D eigenvalue weighted by Gasteiger charge is 2.21. The van der Waals surface area contributed by atoms with Crippen LogP contribution in [0.1, 0.15) is 37.1 Å². The van der Waals surface area contributed by atoms with Gasteiger partial charge in [-0.15, -0.1) is 0 Å². The number of piperidine rings is 1. The van der Waals surface area contributed by atoms with E-state index in [2.05, 4.69) is 15.2 Å². The number of aliphatic hydroxyl groups excluding tert-OH is 1. The molecule has 1 aliphatic heterocycles. The number of rotatable bonds is 5. The first kappa shape index (κ1) is 16.9. The Labute approximate surface area is 142 Å². The Morgan fingerprint density at radius 3 is 2.79 bits per heavy atom. The van der Waals surface area contributed by atoms with Crippen LogP contribution in [0.4, 0.5) is 10.1 Å². The van der Waals surface area contributed by atoms with Crippen LogP contribution in [-0.4, -0.2) is 33.9 Å². The highest BCUT2D eigenvalue weighted by molar-refractivity contribution is 5.55. The van der Waals surface area contributed by atoms with E-state index in [0.717, 1.165) is 42.9 Å². The standard InChI is InChI=1S/C18H25FN4O/c1-13(20-10-15-11-22(2)12-21-15)17-9-14(19)3-4-18(17)23-7-5-16(24)6-8-23/h3-4,9,11-13,16,20,24H,5-8,10H2,1-2H3. The fourth-order valence-electron chi connectivity index (χ4n) is 3.19. The van der Waals surface area contributed by atoms with Crippen molar-refractivity contribution >= 4 is 5.69 Å². The molecule has 1 aromatic heterocycles. The third-order valence-electron chi connectivity index (χ3n) is 4.61. The number of aryl methyl sites for hydroxylation is 1. The van der Waals surface area contributed by atoms with Crippen LogP contribution >= 0.6 is 0 Å². The van der Waals surface area contributed by atoms with Gasteiger partial charge < -0.3 is 19.9 Å². The molecular weight excluding hydrogens is 307 g/mol. The van der Waals surface area contributed by atoms with E-state index < -0.39 is 0 Å². The van der Waals surface area contributed by atoms with E-state index in [1.165, 1.54) is 6.07 Å². The molecule has 2 N–H and O–H groups in total. The molecule has 1 atom stereocenters. The molecule has 24 heavy (non-hydrogen) atoms. The maximum absolute atomic E-state index is 13.8. The topological polar surface area (TPSA) is 53.3 Å². The molecule has 1 fully saturated rings. The molecule has 2 aromatic rings. The number of benzene rings is 1. The number of aromatic nitrogens is 2. The van der Waals surface area contributed by atoms with Crippen LogP contribution in [0, 0.1) is 5.82 Å². The van der Waals surface area contributed by atoms with Crippen LogP contribution in [-0.2, 0) is 13.6 Å². The van der Waals surface area contributed by atoms with Crippen molar-refractivity contribution in [1.82, 2.24) is 14.9 Å². The van der Waals surface area contributed by atoms with Gasteiger partial charge in [-0.1, -0.05) is 0 Å². The molecule has 1 aliphatic rings. The first-order valence-corrected chi connectivity index (χ1v) is 8.45. The summed E-state index contributed by atoms with van der Waals surface area (Å²) in [5.74, 6) is -0.225. The first-order valence-electron chi connectivity index (χ1n) is 8.45. The molecule has 0 spiro atoms. The summed E-state index contributed by atoms with van der Waals surface area (Å²) in [7, 11) is 1.94. The molecule has 130 valence electrons. The van der Waals surface area contributed by atoms with E-state index in [9.17, 15) is 9.50 Å². The van der Waals surface area contributed by atoms with Crippen LogP contribution in [0.25, 0.3) is 0 Å². The summed E-state index contributed by atoms with van der Waals surface area (Å²) in [5.41, 5.74) is 2.95. The Morgan fingerprint density at radius 1 is 1.38 bits per heavy atom. The maximum Gasteiger partial charge on any atom is 0.123 e. The second-order valence-corrected chi connectivity index (χ2v) is 6.55. The van der Waals surface area contributed by atoms with Crippen LogP contribution in [0.5, 0.6) is 0 Å². The van der Waals surface area contributed by atoms with Gasteiger partial charge in [0.15, 0.2) is 0 Å². The monoisotopic (exact) mass is 332 g/mol. The molecule has 0 saturated carbocycles. The van der Waals surface area contributed by atoms with E-state index >= 15 is 0 Å². The number of imidazole rings is 1. The van der Waals surface area contributed by atoms with E-state index in [0.29, 0.717) is 6.54 Å². The van der Waals surface area contributed by atoms with Gasteiger partial charge in [-0.3, -0.25) is 0 Å². The molecule has 1 unspecified atom stereocenters. The third kappa shape index (κ3) is 3.94. The highest BCUT2D eigenvalue weighted by Crippen LogP contribution is 2.29. The lowest BCUT2D eigenvalue weighted by Crippen LogP contribution is -2.37. The summed E-state index contributed by atoms with van der Waals surface area (Å²) < 4.78 is 15.7. The molecular formula is C18H25FN4O. The van der Waals surface area contributed by atoms with Gasteiger partial charge in [0, 0.05) is 44.6 Å². The summed E-state index contributed by atoms with van der Waals surface area (Å²) in [6, 6.07) is 4.97. The minimum Gasteiger partial charge on any atom is -0.393 e. The zero-order valence-corrected chi connectivity index (χ0v) is 14.2. The van der Waals surface area contributed by atoms with Crippen molar-refractivity contribution in [1.29, 1.82) is 0 Å². The number of hydrogen-bond acceptors (Lipinski definition) is 4. The van der Waals surface area contributed by atoms with E-state index in [4.69, 9.17) is 0 Å². The number of anilines is 1. The second-order valence-electron chi connectivity index (χ2n) is 6.55. The fraction of sp³-hybridized carbons (Fsp3) is 0.500. The Hall–Kier alpha value is -1.92. The third-order valence-corrected chi connectivity index (χ3v) is 4.61. The van der Waals surface area contributed by atoms with Crippen molar-refractivity contribution in [2.45, 2.75) is 38.5 Å². The molecule has 0 amide bonds. The van der Waals surface area contributed by atoms with E-state index in [1.807, 2.05) is 30.8 Å². The summed E-state index contributed by atoms with van der Waals surface area (Å²) in [6.07, 6.45) is 5.04. The number of halogens is 1. The van der Waals surface area contributed by atoms with Crippen molar-refractivity contribution in [2.24, 2.45) is 7.05 Å². The van der Waals surface area contributed by atoms with Crippen molar-refractivity contribution in [3.63, 3.8) is 0 Å². The summed E-state index contributed by atoms with van der Waals surface area (Å²) in [5, 5.41) is 13.1. The predicted octanol–water partition coefficient (Wildman–Crippen LogP) is 2.37. The van der Waals surface area contributed by atoms with Gasteiger partial charge in [0.2, 0.25) is 0 Å². The van der Waals surface area contributed by atoms with Gasteiger partial charge in [0.05, 0.1) is 18.1 Å². The highest BCUT2D eigenvalue weighted by atomic mass is 19.1. The minimum atomic E-state index is -0.225. The van der Waals surface area contributed by atoms with Crippen molar-refractivity contribution in [3.05, 3.63) is 47.8 Å². The fourth-order valence-corrected chi connectivity index (χ4v) is 3.19. The quantitative estimate of drug-likeness (QED) is 0.883. The molecule has 6 heteroatoms. The van der Waals surface area contributed by atoms with Crippen LogP contribution in [0.3, 0.4) is 0 Å². The van der Waals surface area contributed by atoms with Crippen LogP contribution in [0.15, 0.2) is 30.7 Å². The normalized spacial score (nSPS) is 17.2. The average molecular weight is 332 g/mol. The predicted molar refractivity (Wildman–Crippen MR) is 92.3 cm³/mol. The Morgan fingerprint density at radius 2 is 2.12 bits per heavy atom.